The van der Waals surface area contributed by atoms with Crippen molar-refractivity contribution in [2.75, 3.05) is 0 Å². The van der Waals surface area contributed by atoms with E-state index in [1.807, 2.05) is 6.92 Å². The smallest absolute Gasteiger partial charge is 0.158 e. The van der Waals surface area contributed by atoms with Crippen molar-refractivity contribution in [3.63, 3.8) is 0 Å². The second-order valence-electron chi connectivity index (χ2n) is 2.70. The molecule has 0 aliphatic heterocycles. The van der Waals surface area contributed by atoms with E-state index < -0.39 is 0 Å². The van der Waals surface area contributed by atoms with Crippen molar-refractivity contribution >= 4 is 5.78 Å². The minimum Gasteiger partial charge on any atom is -0.300 e. The fraction of sp³-hybridized carbons (Fsp3) is 0.714. The van der Waals surface area contributed by atoms with Crippen LogP contribution in [0.1, 0.15) is 26.1 Å². The Kier molecular flexibility index (Phi) is 2.90. The van der Waals surface area contributed by atoms with Crippen LogP contribution in [0.3, 0.4) is 0 Å². The van der Waals surface area contributed by atoms with Crippen LogP contribution in [0.2, 0.25) is 0 Å². The second-order valence-corrected chi connectivity index (χ2v) is 2.70. The van der Waals surface area contributed by atoms with Crippen molar-refractivity contribution in [2.45, 2.75) is 33.2 Å². The summed E-state index contributed by atoms with van der Waals surface area (Å²) in [6, 6.07) is 0. The van der Waals surface area contributed by atoms with Crippen molar-refractivity contribution in [2.24, 2.45) is 0 Å². The van der Waals surface area contributed by atoms with Crippen LogP contribution in [0.15, 0.2) is 0 Å². The first-order valence-electron chi connectivity index (χ1n) is 3.98. The summed E-state index contributed by atoms with van der Waals surface area (Å²) in [4.78, 5) is 10.8. The lowest BCUT2D eigenvalue weighted by atomic mass is 10.3. The highest BCUT2D eigenvalue weighted by molar-refractivity contribution is 5.77. The van der Waals surface area contributed by atoms with Gasteiger partial charge >= 0.3 is 0 Å². The molecule has 0 saturated heterocycles. The van der Waals surface area contributed by atoms with Crippen LogP contribution in [-0.4, -0.2) is 26.0 Å². The summed E-state index contributed by atoms with van der Waals surface area (Å²) in [5.41, 5.74) is 0. The summed E-state index contributed by atoms with van der Waals surface area (Å²) in [6.45, 7) is 4.35. The largest absolute Gasteiger partial charge is 0.300 e. The van der Waals surface area contributed by atoms with Crippen LogP contribution in [0.4, 0.5) is 0 Å². The fourth-order valence-corrected chi connectivity index (χ4v) is 0.958. The van der Waals surface area contributed by atoms with Crippen LogP contribution in [0, 0.1) is 0 Å². The van der Waals surface area contributed by atoms with E-state index in [9.17, 15) is 4.79 Å². The quantitative estimate of drug-likeness (QED) is 0.645. The van der Waals surface area contributed by atoms with E-state index in [-0.39, 0.29) is 5.78 Å². The molecule has 0 spiro atoms. The van der Waals surface area contributed by atoms with Gasteiger partial charge in [-0.3, -0.25) is 4.79 Å². The molecule has 0 saturated carbocycles. The molecule has 1 rings (SSSR count). The summed E-state index contributed by atoms with van der Waals surface area (Å²) in [6.07, 6.45) is 1.29. The van der Waals surface area contributed by atoms with Crippen molar-refractivity contribution in [1.82, 2.24) is 20.2 Å². The predicted molar refractivity (Wildman–Crippen MR) is 42.5 cm³/mol. The van der Waals surface area contributed by atoms with Crippen LogP contribution in [-0.2, 0) is 17.8 Å². The number of Topliss-reactive ketones (excluding diaryl/α,β-unsaturated/α-hetero) is 1. The van der Waals surface area contributed by atoms with Gasteiger partial charge in [0.15, 0.2) is 5.82 Å². The van der Waals surface area contributed by atoms with Crippen LogP contribution in [0.5, 0.6) is 0 Å². The Balaban J connectivity index is 2.69. The molecule has 0 radical (unpaired) electrons. The maximum Gasteiger partial charge on any atom is 0.158 e. The molecule has 0 amide bonds. The molecule has 1 heterocycles. The molecular formula is C7H12N4O. The van der Waals surface area contributed by atoms with Crippen molar-refractivity contribution < 1.29 is 4.79 Å². The van der Waals surface area contributed by atoms with Crippen molar-refractivity contribution in [1.29, 1.82) is 0 Å². The Bertz CT molecular complexity index is 268. The lowest BCUT2D eigenvalue weighted by Gasteiger charge is -1.98. The minimum atomic E-state index is 0.0853. The fourth-order valence-electron chi connectivity index (χ4n) is 0.958. The van der Waals surface area contributed by atoms with Crippen LogP contribution >= 0.6 is 0 Å². The van der Waals surface area contributed by atoms with E-state index in [1.54, 1.807) is 4.68 Å². The number of hydrogen-bond acceptors (Lipinski definition) is 4. The number of carbonyl (C=O) groups excluding carboxylic acids is 1. The maximum atomic E-state index is 10.8. The van der Waals surface area contributed by atoms with Crippen LogP contribution < -0.4 is 0 Å². The number of hydrogen-bond donors (Lipinski definition) is 0. The summed E-state index contributed by atoms with van der Waals surface area (Å²) >= 11 is 0. The van der Waals surface area contributed by atoms with Gasteiger partial charge in [-0.25, -0.2) is 4.68 Å². The molecule has 1 aromatic heterocycles. The molecular weight excluding hydrogens is 156 g/mol. The zero-order valence-corrected chi connectivity index (χ0v) is 7.32. The normalized spacial score (nSPS) is 10.2. The zero-order chi connectivity index (χ0) is 8.97. The third kappa shape index (κ3) is 2.11. The molecule has 0 unspecified atom stereocenters. The molecule has 0 bridgehead atoms. The molecule has 0 atom stereocenters. The van der Waals surface area contributed by atoms with E-state index >= 15 is 0 Å². The van der Waals surface area contributed by atoms with Gasteiger partial charge in [-0.15, -0.1) is 5.10 Å². The van der Waals surface area contributed by atoms with Crippen LogP contribution in [0.25, 0.3) is 0 Å². The van der Waals surface area contributed by atoms with Gasteiger partial charge in [0.2, 0.25) is 0 Å². The van der Waals surface area contributed by atoms with E-state index in [2.05, 4.69) is 15.5 Å². The number of aryl methyl sites for hydroxylation is 1. The SMILES string of the molecule is CCCn1nnnc1CC(C)=O. The third-order valence-corrected chi connectivity index (χ3v) is 1.45. The summed E-state index contributed by atoms with van der Waals surface area (Å²) in [7, 11) is 0. The van der Waals surface area contributed by atoms with Gasteiger partial charge in [0.05, 0.1) is 6.42 Å². The number of aromatic nitrogens is 4. The number of ketones is 1. The Labute approximate surface area is 70.8 Å². The number of rotatable bonds is 4. The molecule has 0 aliphatic rings. The molecule has 5 nitrogen and oxygen atoms in total. The molecule has 0 N–H and O–H groups in total. The topological polar surface area (TPSA) is 60.7 Å². The number of nitrogens with zero attached hydrogens (tertiary/aromatic N) is 4. The van der Waals surface area contributed by atoms with Gasteiger partial charge in [-0.2, -0.15) is 0 Å². The lowest BCUT2D eigenvalue weighted by Crippen LogP contribution is -2.08. The molecule has 5 heteroatoms. The average Bonchev–Trinajstić information content (AvgIpc) is 2.37. The standard InChI is InChI=1S/C7H12N4O/c1-3-4-11-7(5-6(2)12)8-9-10-11/h3-5H2,1-2H3. The van der Waals surface area contributed by atoms with E-state index in [4.69, 9.17) is 0 Å². The van der Waals surface area contributed by atoms with Gasteiger partial charge in [-0.05, 0) is 23.8 Å². The van der Waals surface area contributed by atoms with Crippen molar-refractivity contribution in [3.05, 3.63) is 5.82 Å². The maximum absolute atomic E-state index is 10.8. The van der Waals surface area contributed by atoms with Gasteiger partial charge < -0.3 is 0 Å². The summed E-state index contributed by atoms with van der Waals surface area (Å²) in [5.74, 6) is 0.742. The van der Waals surface area contributed by atoms with Gasteiger partial charge in [0.25, 0.3) is 0 Å². The van der Waals surface area contributed by atoms with E-state index in [1.165, 1.54) is 6.92 Å². The molecule has 12 heavy (non-hydrogen) atoms. The summed E-state index contributed by atoms with van der Waals surface area (Å²) in [5, 5.41) is 11.0. The Morgan fingerprint density at radius 2 is 2.33 bits per heavy atom. The minimum absolute atomic E-state index is 0.0853. The average molecular weight is 168 g/mol. The Hall–Kier alpha value is -1.26. The zero-order valence-electron chi connectivity index (χ0n) is 7.32. The second kappa shape index (κ2) is 3.94. The third-order valence-electron chi connectivity index (χ3n) is 1.45. The molecule has 0 aliphatic carbocycles. The van der Waals surface area contributed by atoms with Gasteiger partial charge in [0, 0.05) is 6.54 Å². The summed E-state index contributed by atoms with van der Waals surface area (Å²) < 4.78 is 1.67. The Morgan fingerprint density at radius 1 is 1.58 bits per heavy atom. The molecule has 1 aromatic rings. The highest BCUT2D eigenvalue weighted by atomic mass is 16.1. The monoisotopic (exact) mass is 168 g/mol. The number of tetrazole rings is 1. The van der Waals surface area contributed by atoms with E-state index in [0.717, 1.165) is 13.0 Å². The van der Waals surface area contributed by atoms with E-state index in [0.29, 0.717) is 12.2 Å². The first kappa shape index (κ1) is 8.83. The molecule has 0 fully saturated rings. The lowest BCUT2D eigenvalue weighted by molar-refractivity contribution is -0.116. The predicted octanol–water partition coefficient (Wildman–Crippen LogP) is 0.215. The van der Waals surface area contributed by atoms with Gasteiger partial charge in [0.1, 0.15) is 5.78 Å². The number of carbonyl (C=O) groups is 1. The highest BCUT2D eigenvalue weighted by Crippen LogP contribution is 1.95. The molecule has 66 valence electrons. The Morgan fingerprint density at radius 3 is 2.92 bits per heavy atom. The molecule has 0 aromatic carbocycles. The first-order valence-corrected chi connectivity index (χ1v) is 3.98. The van der Waals surface area contributed by atoms with Crippen molar-refractivity contribution in [3.8, 4) is 0 Å². The van der Waals surface area contributed by atoms with Gasteiger partial charge in [-0.1, -0.05) is 6.92 Å². The highest BCUT2D eigenvalue weighted by Gasteiger charge is 2.06. The first-order chi connectivity index (χ1) is 5.74.